The van der Waals surface area contributed by atoms with E-state index in [4.69, 9.17) is 10.5 Å². The zero-order chi connectivity index (χ0) is 11.7. The van der Waals surface area contributed by atoms with E-state index in [1.54, 1.807) is 6.08 Å². The van der Waals surface area contributed by atoms with Crippen LogP contribution in [0, 0.1) is 5.92 Å². The quantitative estimate of drug-likeness (QED) is 0.461. The largest absolute Gasteiger partial charge is 0.379 e. The average molecular weight is 214 g/mol. The van der Waals surface area contributed by atoms with E-state index in [0.29, 0.717) is 19.8 Å². The van der Waals surface area contributed by atoms with Crippen molar-refractivity contribution in [3.8, 4) is 0 Å². The molecule has 0 saturated heterocycles. The second-order valence-electron chi connectivity index (χ2n) is 3.75. The molecule has 0 aromatic heterocycles. The fourth-order valence-electron chi connectivity index (χ4n) is 0.936. The molecule has 0 aliphatic rings. The molecule has 1 atom stereocenters. The maximum atomic E-state index is 11.4. The third kappa shape index (κ3) is 7.11. The van der Waals surface area contributed by atoms with E-state index in [1.165, 1.54) is 0 Å². The SMILES string of the molecule is C=CCCOCCNC(=O)[C@@H](N)C(C)C. The van der Waals surface area contributed by atoms with Gasteiger partial charge in [-0.05, 0) is 12.3 Å². The van der Waals surface area contributed by atoms with Crippen LogP contribution in [0.25, 0.3) is 0 Å². The first-order valence-electron chi connectivity index (χ1n) is 5.31. The van der Waals surface area contributed by atoms with Crippen molar-refractivity contribution < 1.29 is 9.53 Å². The van der Waals surface area contributed by atoms with Gasteiger partial charge in [-0.2, -0.15) is 0 Å². The summed E-state index contributed by atoms with van der Waals surface area (Å²) in [5.74, 6) is 0.0454. The summed E-state index contributed by atoms with van der Waals surface area (Å²) in [6.45, 7) is 9.10. The number of nitrogens with two attached hydrogens (primary N) is 1. The highest BCUT2D eigenvalue weighted by atomic mass is 16.5. The Labute approximate surface area is 91.9 Å². The van der Waals surface area contributed by atoms with Crippen LogP contribution in [0.4, 0.5) is 0 Å². The predicted molar refractivity (Wildman–Crippen MR) is 61.5 cm³/mol. The molecule has 0 aromatic rings. The summed E-state index contributed by atoms with van der Waals surface area (Å²) in [4.78, 5) is 11.4. The number of rotatable bonds is 8. The molecule has 0 aliphatic carbocycles. The first-order chi connectivity index (χ1) is 7.09. The number of carbonyl (C=O) groups excluding carboxylic acids is 1. The van der Waals surface area contributed by atoms with Crippen LogP contribution in [0.5, 0.6) is 0 Å². The molecule has 0 aliphatic heterocycles. The Kier molecular flexibility index (Phi) is 7.95. The number of ether oxygens (including phenoxy) is 1. The van der Waals surface area contributed by atoms with Crippen LogP contribution in [-0.4, -0.2) is 31.7 Å². The van der Waals surface area contributed by atoms with Crippen molar-refractivity contribution in [3.05, 3.63) is 12.7 Å². The first-order valence-corrected chi connectivity index (χ1v) is 5.31. The standard InChI is InChI=1S/C11H22N2O2/c1-4-5-7-15-8-6-13-11(14)10(12)9(2)3/h4,9-10H,1,5-8,12H2,2-3H3,(H,13,14)/t10-/m0/s1. The molecule has 88 valence electrons. The van der Waals surface area contributed by atoms with Gasteiger partial charge in [0.1, 0.15) is 0 Å². The monoisotopic (exact) mass is 214 g/mol. The van der Waals surface area contributed by atoms with E-state index >= 15 is 0 Å². The molecular weight excluding hydrogens is 192 g/mol. The van der Waals surface area contributed by atoms with Crippen LogP contribution in [-0.2, 0) is 9.53 Å². The Morgan fingerprint density at radius 1 is 1.53 bits per heavy atom. The fourth-order valence-corrected chi connectivity index (χ4v) is 0.936. The second kappa shape index (κ2) is 8.44. The Morgan fingerprint density at radius 3 is 2.73 bits per heavy atom. The molecule has 0 heterocycles. The lowest BCUT2D eigenvalue weighted by Gasteiger charge is -2.15. The molecule has 1 amide bonds. The fraction of sp³-hybridized carbons (Fsp3) is 0.727. The normalized spacial score (nSPS) is 12.5. The third-order valence-electron chi connectivity index (χ3n) is 2.03. The predicted octanol–water partition coefficient (Wildman–Crippen LogP) is 0.679. The van der Waals surface area contributed by atoms with Crippen LogP contribution in [0.1, 0.15) is 20.3 Å². The van der Waals surface area contributed by atoms with Gasteiger partial charge in [-0.15, -0.1) is 6.58 Å². The van der Waals surface area contributed by atoms with Crippen molar-refractivity contribution in [1.29, 1.82) is 0 Å². The van der Waals surface area contributed by atoms with Gasteiger partial charge in [0.05, 0.1) is 19.3 Å². The van der Waals surface area contributed by atoms with Crippen molar-refractivity contribution in [2.75, 3.05) is 19.8 Å². The molecule has 0 unspecified atom stereocenters. The Hall–Kier alpha value is -0.870. The maximum absolute atomic E-state index is 11.4. The zero-order valence-electron chi connectivity index (χ0n) is 9.66. The van der Waals surface area contributed by atoms with Gasteiger partial charge in [-0.25, -0.2) is 0 Å². The molecular formula is C11H22N2O2. The van der Waals surface area contributed by atoms with Crippen molar-refractivity contribution in [2.45, 2.75) is 26.3 Å². The second-order valence-corrected chi connectivity index (χ2v) is 3.75. The average Bonchev–Trinajstić information content (AvgIpc) is 2.21. The summed E-state index contributed by atoms with van der Waals surface area (Å²) in [5, 5.41) is 2.73. The van der Waals surface area contributed by atoms with Gasteiger partial charge < -0.3 is 15.8 Å². The summed E-state index contributed by atoms with van der Waals surface area (Å²) in [6.07, 6.45) is 2.63. The van der Waals surface area contributed by atoms with Crippen LogP contribution >= 0.6 is 0 Å². The van der Waals surface area contributed by atoms with Crippen LogP contribution in [0.15, 0.2) is 12.7 Å². The van der Waals surface area contributed by atoms with Crippen LogP contribution < -0.4 is 11.1 Å². The van der Waals surface area contributed by atoms with E-state index in [9.17, 15) is 4.79 Å². The van der Waals surface area contributed by atoms with Gasteiger partial charge in [-0.3, -0.25) is 4.79 Å². The van der Waals surface area contributed by atoms with Crippen LogP contribution in [0.2, 0.25) is 0 Å². The Morgan fingerprint density at radius 2 is 2.20 bits per heavy atom. The Balaban J connectivity index is 3.43. The number of amides is 1. The van der Waals surface area contributed by atoms with Gasteiger partial charge >= 0.3 is 0 Å². The summed E-state index contributed by atoms with van der Waals surface area (Å²) in [7, 11) is 0. The van der Waals surface area contributed by atoms with Gasteiger partial charge in [-0.1, -0.05) is 19.9 Å². The smallest absolute Gasteiger partial charge is 0.237 e. The third-order valence-corrected chi connectivity index (χ3v) is 2.03. The molecule has 0 fully saturated rings. The molecule has 0 saturated carbocycles. The molecule has 0 rings (SSSR count). The molecule has 0 bridgehead atoms. The molecule has 0 radical (unpaired) electrons. The number of hydrogen-bond acceptors (Lipinski definition) is 3. The van der Waals surface area contributed by atoms with Crippen molar-refractivity contribution in [1.82, 2.24) is 5.32 Å². The lowest BCUT2D eigenvalue weighted by atomic mass is 10.1. The van der Waals surface area contributed by atoms with Gasteiger partial charge in [0.15, 0.2) is 0 Å². The molecule has 15 heavy (non-hydrogen) atoms. The minimum atomic E-state index is -0.432. The van der Waals surface area contributed by atoms with E-state index in [0.717, 1.165) is 6.42 Å². The Bertz CT molecular complexity index is 193. The highest BCUT2D eigenvalue weighted by molar-refractivity contribution is 5.81. The van der Waals surface area contributed by atoms with Gasteiger partial charge in [0.25, 0.3) is 0 Å². The topological polar surface area (TPSA) is 64.3 Å². The van der Waals surface area contributed by atoms with E-state index < -0.39 is 6.04 Å². The number of nitrogens with one attached hydrogen (secondary N) is 1. The lowest BCUT2D eigenvalue weighted by Crippen LogP contribution is -2.44. The molecule has 3 N–H and O–H groups in total. The van der Waals surface area contributed by atoms with Crippen molar-refractivity contribution >= 4 is 5.91 Å². The van der Waals surface area contributed by atoms with Gasteiger partial charge in [0.2, 0.25) is 5.91 Å². The van der Waals surface area contributed by atoms with E-state index in [-0.39, 0.29) is 11.8 Å². The molecule has 0 aromatic carbocycles. The highest BCUT2D eigenvalue weighted by Gasteiger charge is 2.15. The lowest BCUT2D eigenvalue weighted by molar-refractivity contribution is -0.123. The number of carbonyl (C=O) groups is 1. The minimum absolute atomic E-state index is 0.114. The summed E-state index contributed by atoms with van der Waals surface area (Å²) < 4.78 is 5.24. The molecule has 4 nitrogen and oxygen atoms in total. The van der Waals surface area contributed by atoms with Crippen LogP contribution in [0.3, 0.4) is 0 Å². The van der Waals surface area contributed by atoms with Gasteiger partial charge in [0, 0.05) is 6.54 Å². The molecule has 0 spiro atoms. The molecule has 4 heteroatoms. The summed E-state index contributed by atoms with van der Waals surface area (Å²) in [5.41, 5.74) is 5.66. The maximum Gasteiger partial charge on any atom is 0.237 e. The van der Waals surface area contributed by atoms with Crippen molar-refractivity contribution in [2.24, 2.45) is 11.7 Å². The first kappa shape index (κ1) is 14.1. The summed E-state index contributed by atoms with van der Waals surface area (Å²) >= 11 is 0. The van der Waals surface area contributed by atoms with E-state index in [2.05, 4.69) is 11.9 Å². The number of hydrogen-bond donors (Lipinski definition) is 2. The summed E-state index contributed by atoms with van der Waals surface area (Å²) in [6, 6.07) is -0.432. The zero-order valence-corrected chi connectivity index (χ0v) is 9.66. The van der Waals surface area contributed by atoms with Crippen molar-refractivity contribution in [3.63, 3.8) is 0 Å². The highest BCUT2D eigenvalue weighted by Crippen LogP contribution is 1.97. The van der Waals surface area contributed by atoms with E-state index in [1.807, 2.05) is 13.8 Å². The minimum Gasteiger partial charge on any atom is -0.379 e.